The summed E-state index contributed by atoms with van der Waals surface area (Å²) in [6.45, 7) is 0. The van der Waals surface area contributed by atoms with Crippen LogP contribution in [0.2, 0.25) is 0 Å². The summed E-state index contributed by atoms with van der Waals surface area (Å²) in [5.74, 6) is 3.18. The van der Waals surface area contributed by atoms with Crippen LogP contribution in [0, 0.1) is 17.8 Å². The topological polar surface area (TPSA) is 47.0 Å². The summed E-state index contributed by atoms with van der Waals surface area (Å²) in [5.41, 5.74) is 0.974. The smallest absolute Gasteiger partial charge is 0.237 e. The summed E-state index contributed by atoms with van der Waals surface area (Å²) in [6.07, 6.45) is 9.01. The van der Waals surface area contributed by atoms with Crippen molar-refractivity contribution in [3.05, 3.63) is 18.1 Å². The number of rotatable bonds is 4. The SMILES string of the molecule is CNC(c1nccnc1OC)C1C2CCCCC21. The van der Waals surface area contributed by atoms with E-state index in [4.69, 9.17) is 4.74 Å². The average Bonchev–Trinajstić information content (AvgIpc) is 3.15. The van der Waals surface area contributed by atoms with E-state index in [-0.39, 0.29) is 0 Å². The lowest BCUT2D eigenvalue weighted by Crippen LogP contribution is -2.22. The maximum atomic E-state index is 5.35. The molecular formula is C14H21N3O. The molecular weight excluding hydrogens is 226 g/mol. The number of hydrogen-bond acceptors (Lipinski definition) is 4. The standard InChI is InChI=1S/C14H21N3O/c1-15-12(11-9-5-3-4-6-10(9)11)13-14(18-2)17-8-7-16-13/h7-12,15H,3-6H2,1-2H3. The largest absolute Gasteiger partial charge is 0.480 e. The number of nitrogens with zero attached hydrogens (tertiary/aromatic N) is 2. The van der Waals surface area contributed by atoms with Crippen molar-refractivity contribution in [1.29, 1.82) is 0 Å². The van der Waals surface area contributed by atoms with E-state index in [0.717, 1.165) is 23.4 Å². The lowest BCUT2D eigenvalue weighted by Gasteiger charge is -2.17. The van der Waals surface area contributed by atoms with E-state index < -0.39 is 0 Å². The molecule has 98 valence electrons. The van der Waals surface area contributed by atoms with E-state index >= 15 is 0 Å². The summed E-state index contributed by atoms with van der Waals surface area (Å²) in [4.78, 5) is 8.76. The lowest BCUT2D eigenvalue weighted by molar-refractivity contribution is 0.369. The van der Waals surface area contributed by atoms with Crippen molar-refractivity contribution in [3.8, 4) is 5.88 Å². The number of methoxy groups -OCH3 is 1. The molecule has 0 amide bonds. The highest BCUT2D eigenvalue weighted by Gasteiger charge is 2.54. The second-order valence-electron chi connectivity index (χ2n) is 5.41. The molecule has 2 aliphatic rings. The lowest BCUT2D eigenvalue weighted by atomic mass is 10.0. The van der Waals surface area contributed by atoms with Gasteiger partial charge in [0.05, 0.1) is 13.2 Å². The molecule has 4 heteroatoms. The van der Waals surface area contributed by atoms with E-state index in [1.165, 1.54) is 25.7 Å². The van der Waals surface area contributed by atoms with Crippen LogP contribution in [0.1, 0.15) is 37.4 Å². The van der Waals surface area contributed by atoms with Crippen molar-refractivity contribution >= 4 is 0 Å². The zero-order valence-corrected chi connectivity index (χ0v) is 11.1. The Hall–Kier alpha value is -1.16. The molecule has 2 saturated carbocycles. The molecule has 0 aromatic carbocycles. The third-order valence-corrected chi connectivity index (χ3v) is 4.60. The molecule has 2 aliphatic carbocycles. The fourth-order valence-electron chi connectivity index (χ4n) is 3.76. The Balaban J connectivity index is 1.84. The first kappa shape index (κ1) is 11.9. The van der Waals surface area contributed by atoms with Crippen LogP contribution < -0.4 is 10.1 Å². The summed E-state index contributed by atoms with van der Waals surface area (Å²) >= 11 is 0. The van der Waals surface area contributed by atoms with Gasteiger partial charge in [-0.2, -0.15) is 0 Å². The van der Waals surface area contributed by atoms with Crippen LogP contribution >= 0.6 is 0 Å². The van der Waals surface area contributed by atoms with Gasteiger partial charge < -0.3 is 10.1 Å². The third-order valence-electron chi connectivity index (χ3n) is 4.60. The van der Waals surface area contributed by atoms with E-state index in [1.54, 1.807) is 19.5 Å². The number of ether oxygens (including phenoxy) is 1. The van der Waals surface area contributed by atoms with Gasteiger partial charge in [-0.05, 0) is 37.6 Å². The average molecular weight is 247 g/mol. The van der Waals surface area contributed by atoms with Crippen molar-refractivity contribution in [2.24, 2.45) is 17.8 Å². The van der Waals surface area contributed by atoms with Crippen molar-refractivity contribution in [3.63, 3.8) is 0 Å². The first-order chi connectivity index (χ1) is 8.86. The Morgan fingerprint density at radius 3 is 2.50 bits per heavy atom. The second-order valence-corrected chi connectivity index (χ2v) is 5.41. The summed E-state index contributed by atoms with van der Waals surface area (Å²) in [6, 6.07) is 0.293. The molecule has 0 aliphatic heterocycles. The third kappa shape index (κ3) is 1.88. The molecule has 1 aromatic heterocycles. The van der Waals surface area contributed by atoms with Gasteiger partial charge in [0.15, 0.2) is 0 Å². The minimum absolute atomic E-state index is 0.293. The maximum absolute atomic E-state index is 5.35. The molecule has 0 bridgehead atoms. The van der Waals surface area contributed by atoms with Crippen molar-refractivity contribution in [2.45, 2.75) is 31.7 Å². The molecule has 0 radical (unpaired) electrons. The summed E-state index contributed by atoms with van der Waals surface area (Å²) < 4.78 is 5.35. The zero-order chi connectivity index (χ0) is 12.5. The molecule has 3 rings (SSSR count). The van der Waals surface area contributed by atoms with Crippen molar-refractivity contribution in [1.82, 2.24) is 15.3 Å². The summed E-state index contributed by atoms with van der Waals surface area (Å²) in [5, 5.41) is 3.43. The van der Waals surface area contributed by atoms with Crippen LogP contribution in [0.5, 0.6) is 5.88 Å². The highest BCUT2D eigenvalue weighted by atomic mass is 16.5. The van der Waals surface area contributed by atoms with Gasteiger partial charge in [-0.25, -0.2) is 4.98 Å². The Kier molecular flexibility index (Phi) is 3.20. The molecule has 2 fully saturated rings. The summed E-state index contributed by atoms with van der Waals surface area (Å²) in [7, 11) is 3.68. The predicted octanol–water partition coefficient (Wildman–Crippen LogP) is 2.18. The van der Waals surface area contributed by atoms with Gasteiger partial charge in [-0.1, -0.05) is 12.8 Å². The minimum atomic E-state index is 0.293. The van der Waals surface area contributed by atoms with Gasteiger partial charge in [0, 0.05) is 12.4 Å². The Bertz CT molecular complexity index is 411. The van der Waals surface area contributed by atoms with Crippen LogP contribution in [0.25, 0.3) is 0 Å². The molecule has 0 spiro atoms. The Morgan fingerprint density at radius 2 is 1.89 bits per heavy atom. The monoisotopic (exact) mass is 247 g/mol. The van der Waals surface area contributed by atoms with Gasteiger partial charge >= 0.3 is 0 Å². The molecule has 4 nitrogen and oxygen atoms in total. The molecule has 1 N–H and O–H groups in total. The fraction of sp³-hybridized carbons (Fsp3) is 0.714. The highest BCUT2D eigenvalue weighted by molar-refractivity contribution is 5.25. The highest BCUT2D eigenvalue weighted by Crippen LogP contribution is 2.60. The first-order valence-electron chi connectivity index (χ1n) is 6.89. The Labute approximate surface area is 108 Å². The molecule has 3 atom stereocenters. The Morgan fingerprint density at radius 1 is 1.22 bits per heavy atom. The van der Waals surface area contributed by atoms with Gasteiger partial charge in [0.1, 0.15) is 5.69 Å². The van der Waals surface area contributed by atoms with Crippen molar-refractivity contribution in [2.75, 3.05) is 14.2 Å². The molecule has 1 heterocycles. The zero-order valence-electron chi connectivity index (χ0n) is 11.1. The van der Waals surface area contributed by atoms with Crippen LogP contribution in [-0.4, -0.2) is 24.1 Å². The predicted molar refractivity (Wildman–Crippen MR) is 69.3 cm³/mol. The van der Waals surface area contributed by atoms with E-state index in [9.17, 15) is 0 Å². The fourth-order valence-corrected chi connectivity index (χ4v) is 3.76. The molecule has 3 unspecified atom stereocenters. The van der Waals surface area contributed by atoms with Gasteiger partial charge in [-0.3, -0.25) is 4.98 Å². The number of nitrogens with one attached hydrogen (secondary N) is 1. The van der Waals surface area contributed by atoms with Crippen LogP contribution in [0.4, 0.5) is 0 Å². The first-order valence-corrected chi connectivity index (χ1v) is 6.89. The molecule has 0 saturated heterocycles. The van der Waals surface area contributed by atoms with E-state index in [1.807, 2.05) is 7.05 Å². The van der Waals surface area contributed by atoms with Gasteiger partial charge in [-0.15, -0.1) is 0 Å². The number of aromatic nitrogens is 2. The number of fused-ring (bicyclic) bond motifs is 1. The van der Waals surface area contributed by atoms with Gasteiger partial charge in [0.2, 0.25) is 5.88 Å². The van der Waals surface area contributed by atoms with Gasteiger partial charge in [0.25, 0.3) is 0 Å². The van der Waals surface area contributed by atoms with E-state index in [0.29, 0.717) is 11.9 Å². The van der Waals surface area contributed by atoms with Crippen molar-refractivity contribution < 1.29 is 4.74 Å². The normalized spacial score (nSPS) is 31.6. The molecule has 18 heavy (non-hydrogen) atoms. The second kappa shape index (κ2) is 4.84. The minimum Gasteiger partial charge on any atom is -0.480 e. The van der Waals surface area contributed by atoms with Crippen LogP contribution in [0.3, 0.4) is 0 Å². The quantitative estimate of drug-likeness (QED) is 0.886. The van der Waals surface area contributed by atoms with Crippen LogP contribution in [-0.2, 0) is 0 Å². The molecule has 1 aromatic rings. The van der Waals surface area contributed by atoms with E-state index in [2.05, 4.69) is 15.3 Å². The van der Waals surface area contributed by atoms with Crippen LogP contribution in [0.15, 0.2) is 12.4 Å². The number of hydrogen-bond donors (Lipinski definition) is 1. The maximum Gasteiger partial charge on any atom is 0.237 e.